The van der Waals surface area contributed by atoms with Crippen LogP contribution < -0.4 is 0 Å². The second-order valence-corrected chi connectivity index (χ2v) is 5.45. The van der Waals surface area contributed by atoms with Crippen LogP contribution in [0.1, 0.15) is 31.4 Å². The highest BCUT2D eigenvalue weighted by molar-refractivity contribution is 6.00. The molecule has 1 nitrogen and oxygen atoms in total. The first-order chi connectivity index (χ1) is 8.13. The second kappa shape index (κ2) is 3.43. The Kier molecular flexibility index (Phi) is 2.12. The fraction of sp³-hybridized carbons (Fsp3) is 0.312. The van der Waals surface area contributed by atoms with Gasteiger partial charge in [-0.25, -0.2) is 0 Å². The van der Waals surface area contributed by atoms with Crippen molar-refractivity contribution in [3.8, 4) is 0 Å². The van der Waals surface area contributed by atoms with Crippen molar-refractivity contribution in [3.63, 3.8) is 0 Å². The van der Waals surface area contributed by atoms with E-state index in [4.69, 9.17) is 0 Å². The minimum atomic E-state index is -0.107. The minimum absolute atomic E-state index is 0.107. The molecule has 3 rings (SSSR count). The molecule has 0 heterocycles. The molecule has 0 N–H and O–H groups in total. The first-order valence-electron chi connectivity index (χ1n) is 6.14. The van der Waals surface area contributed by atoms with Crippen molar-refractivity contribution in [1.29, 1.82) is 0 Å². The van der Waals surface area contributed by atoms with Crippen LogP contribution in [0, 0.1) is 5.41 Å². The molecule has 0 fully saturated rings. The molecule has 86 valence electrons. The number of fused-ring (bicyclic) bond motifs is 3. The van der Waals surface area contributed by atoms with Crippen molar-refractivity contribution in [2.24, 2.45) is 5.41 Å². The average Bonchev–Trinajstić information content (AvgIpc) is 2.58. The summed E-state index contributed by atoms with van der Waals surface area (Å²) in [5.41, 5.74) is 6.03. The first-order valence-corrected chi connectivity index (χ1v) is 6.14. The van der Waals surface area contributed by atoms with Gasteiger partial charge >= 0.3 is 0 Å². The van der Waals surface area contributed by atoms with Gasteiger partial charge in [0.2, 0.25) is 0 Å². The van der Waals surface area contributed by atoms with E-state index >= 15 is 0 Å². The van der Waals surface area contributed by atoms with E-state index in [0.717, 1.165) is 24.7 Å². The zero-order chi connectivity index (χ0) is 12.0. The fourth-order valence-corrected chi connectivity index (χ4v) is 3.06. The lowest BCUT2D eigenvalue weighted by Gasteiger charge is -2.21. The predicted octanol–water partition coefficient (Wildman–Crippen LogP) is 3.55. The molecule has 0 spiro atoms. The van der Waals surface area contributed by atoms with Gasteiger partial charge in [-0.15, -0.1) is 0 Å². The van der Waals surface area contributed by atoms with E-state index in [1.165, 1.54) is 22.3 Å². The maximum absolute atomic E-state index is 11.4. The van der Waals surface area contributed by atoms with Crippen molar-refractivity contribution in [2.45, 2.75) is 26.7 Å². The van der Waals surface area contributed by atoms with Crippen LogP contribution in [0.2, 0.25) is 0 Å². The monoisotopic (exact) mass is 224 g/mol. The number of rotatable bonds is 1. The standard InChI is InChI=1S/C16H16O/c1-16(2)9-12-8-7-11-5-3-4-6-13(11)15(12)14(16)10-17/h3-6,9-10H,7-8H2,1-2H3. The van der Waals surface area contributed by atoms with E-state index in [1.54, 1.807) is 0 Å². The fourth-order valence-electron chi connectivity index (χ4n) is 3.06. The largest absolute Gasteiger partial charge is 0.298 e. The Labute approximate surface area is 102 Å². The molecule has 1 heteroatoms. The maximum atomic E-state index is 11.4. The quantitative estimate of drug-likeness (QED) is 0.667. The first kappa shape index (κ1) is 10.5. The Bertz CT molecular complexity index is 559. The van der Waals surface area contributed by atoms with Gasteiger partial charge < -0.3 is 0 Å². The van der Waals surface area contributed by atoms with E-state index in [2.05, 4.69) is 44.2 Å². The molecule has 17 heavy (non-hydrogen) atoms. The highest BCUT2D eigenvalue weighted by Crippen LogP contribution is 2.48. The lowest BCUT2D eigenvalue weighted by molar-refractivity contribution is -0.105. The van der Waals surface area contributed by atoms with Crippen LogP contribution >= 0.6 is 0 Å². The third-order valence-electron chi connectivity index (χ3n) is 3.89. The van der Waals surface area contributed by atoms with Gasteiger partial charge in [0, 0.05) is 11.0 Å². The molecule has 2 aliphatic carbocycles. The number of hydrogen-bond donors (Lipinski definition) is 0. The third kappa shape index (κ3) is 1.42. The topological polar surface area (TPSA) is 17.1 Å². The van der Waals surface area contributed by atoms with Crippen LogP contribution in [0.15, 0.2) is 41.5 Å². The van der Waals surface area contributed by atoms with Gasteiger partial charge in [-0.05, 0) is 35.1 Å². The number of aryl methyl sites for hydroxylation is 1. The number of carbonyl (C=O) groups excluding carboxylic acids is 1. The van der Waals surface area contributed by atoms with E-state index in [9.17, 15) is 4.79 Å². The van der Waals surface area contributed by atoms with Crippen LogP contribution in [0.5, 0.6) is 0 Å². The summed E-state index contributed by atoms with van der Waals surface area (Å²) in [5, 5.41) is 0. The van der Waals surface area contributed by atoms with Crippen molar-refractivity contribution in [1.82, 2.24) is 0 Å². The maximum Gasteiger partial charge on any atom is 0.147 e. The van der Waals surface area contributed by atoms with Gasteiger partial charge in [-0.2, -0.15) is 0 Å². The normalized spacial score (nSPS) is 20.7. The van der Waals surface area contributed by atoms with Crippen molar-refractivity contribution in [3.05, 3.63) is 52.6 Å². The summed E-state index contributed by atoms with van der Waals surface area (Å²) in [4.78, 5) is 11.4. The van der Waals surface area contributed by atoms with Crippen LogP contribution in [-0.2, 0) is 11.2 Å². The Hall–Kier alpha value is -1.63. The molecule has 2 aliphatic rings. The number of carbonyl (C=O) groups is 1. The molecule has 0 aliphatic heterocycles. The summed E-state index contributed by atoms with van der Waals surface area (Å²) >= 11 is 0. The van der Waals surface area contributed by atoms with Gasteiger partial charge in [0.1, 0.15) is 6.29 Å². The summed E-state index contributed by atoms with van der Waals surface area (Å²) in [6.45, 7) is 4.25. The predicted molar refractivity (Wildman–Crippen MR) is 69.6 cm³/mol. The summed E-state index contributed by atoms with van der Waals surface area (Å²) in [5.74, 6) is 0. The highest BCUT2D eigenvalue weighted by Gasteiger charge is 2.35. The Balaban J connectivity index is 2.30. The Morgan fingerprint density at radius 3 is 2.71 bits per heavy atom. The molecular weight excluding hydrogens is 208 g/mol. The lowest BCUT2D eigenvalue weighted by atomic mass is 9.82. The zero-order valence-electron chi connectivity index (χ0n) is 10.3. The van der Waals surface area contributed by atoms with Crippen LogP contribution in [-0.4, -0.2) is 6.29 Å². The number of benzene rings is 1. The van der Waals surface area contributed by atoms with Crippen molar-refractivity contribution >= 4 is 11.9 Å². The molecule has 1 aromatic rings. The summed E-state index contributed by atoms with van der Waals surface area (Å²) in [7, 11) is 0. The van der Waals surface area contributed by atoms with E-state index in [0.29, 0.717) is 0 Å². The van der Waals surface area contributed by atoms with Crippen LogP contribution in [0.4, 0.5) is 0 Å². The Morgan fingerprint density at radius 2 is 1.94 bits per heavy atom. The number of aldehydes is 1. The number of hydrogen-bond acceptors (Lipinski definition) is 1. The zero-order valence-corrected chi connectivity index (χ0v) is 10.3. The Morgan fingerprint density at radius 1 is 1.18 bits per heavy atom. The van der Waals surface area contributed by atoms with Crippen molar-refractivity contribution in [2.75, 3.05) is 0 Å². The molecular formula is C16H16O. The molecule has 1 aromatic carbocycles. The highest BCUT2D eigenvalue weighted by atomic mass is 16.1. The summed E-state index contributed by atoms with van der Waals surface area (Å²) < 4.78 is 0. The molecule has 0 saturated carbocycles. The van der Waals surface area contributed by atoms with Crippen LogP contribution in [0.25, 0.3) is 5.57 Å². The molecule has 0 aromatic heterocycles. The van der Waals surface area contributed by atoms with Gasteiger partial charge in [-0.3, -0.25) is 4.79 Å². The van der Waals surface area contributed by atoms with Gasteiger partial charge in [-0.1, -0.05) is 44.2 Å². The van der Waals surface area contributed by atoms with Crippen molar-refractivity contribution < 1.29 is 4.79 Å². The third-order valence-corrected chi connectivity index (χ3v) is 3.89. The SMILES string of the molecule is CC1(C)C=C2CCc3ccccc3C2=C1C=O. The smallest absolute Gasteiger partial charge is 0.147 e. The summed E-state index contributed by atoms with van der Waals surface area (Å²) in [6, 6.07) is 8.45. The lowest BCUT2D eigenvalue weighted by Crippen LogP contribution is -2.10. The minimum Gasteiger partial charge on any atom is -0.298 e. The summed E-state index contributed by atoms with van der Waals surface area (Å²) in [6.07, 6.45) is 5.46. The van der Waals surface area contributed by atoms with E-state index in [1.807, 2.05) is 0 Å². The van der Waals surface area contributed by atoms with E-state index < -0.39 is 0 Å². The molecule has 0 atom stereocenters. The molecule has 0 saturated heterocycles. The molecule has 0 unspecified atom stereocenters. The van der Waals surface area contributed by atoms with Gasteiger partial charge in [0.25, 0.3) is 0 Å². The molecule has 0 radical (unpaired) electrons. The van der Waals surface area contributed by atoms with E-state index in [-0.39, 0.29) is 5.41 Å². The molecule has 0 amide bonds. The van der Waals surface area contributed by atoms with Crippen LogP contribution in [0.3, 0.4) is 0 Å². The van der Waals surface area contributed by atoms with Gasteiger partial charge in [0.05, 0.1) is 0 Å². The average molecular weight is 224 g/mol. The molecule has 0 bridgehead atoms. The number of allylic oxidation sites excluding steroid dienone is 4. The van der Waals surface area contributed by atoms with Gasteiger partial charge in [0.15, 0.2) is 0 Å². The second-order valence-electron chi connectivity index (χ2n) is 5.45.